The number of primary amides is 1. The molecule has 3 heterocycles. The van der Waals surface area contributed by atoms with Crippen LogP contribution in [-0.4, -0.2) is 42.4 Å². The van der Waals surface area contributed by atoms with Gasteiger partial charge in [-0.25, -0.2) is 0 Å². The highest BCUT2D eigenvalue weighted by Crippen LogP contribution is 2.33. The van der Waals surface area contributed by atoms with Crippen molar-refractivity contribution in [1.82, 2.24) is 4.90 Å². The standard InChI is InChI=1S/C17H22N4O2S/c18-10-13-6-9-24-17(13)21-8-5-14(16(21)23)20-7-1-2-12(11-20)3-4-15(19)22/h6,9,12,14H,1-5,7-8,11H2,(H2,19,22)/t12-,14+/m0/s1. The Morgan fingerprint density at radius 1 is 1.42 bits per heavy atom. The average Bonchev–Trinajstić information content (AvgIpc) is 3.19. The summed E-state index contributed by atoms with van der Waals surface area (Å²) in [6.45, 7) is 2.45. The number of rotatable bonds is 5. The molecule has 2 aliphatic heterocycles. The van der Waals surface area contributed by atoms with Gasteiger partial charge in [-0.1, -0.05) is 0 Å². The summed E-state index contributed by atoms with van der Waals surface area (Å²) in [6.07, 6.45) is 4.17. The Hall–Kier alpha value is -1.91. The summed E-state index contributed by atoms with van der Waals surface area (Å²) < 4.78 is 0. The molecular weight excluding hydrogens is 324 g/mol. The van der Waals surface area contributed by atoms with Crippen LogP contribution in [0.4, 0.5) is 5.00 Å². The lowest BCUT2D eigenvalue weighted by atomic mass is 9.92. The number of nitriles is 1. The van der Waals surface area contributed by atoms with E-state index in [1.54, 1.807) is 11.0 Å². The lowest BCUT2D eigenvalue weighted by molar-refractivity contribution is -0.122. The van der Waals surface area contributed by atoms with Crippen LogP contribution >= 0.6 is 11.3 Å². The third kappa shape index (κ3) is 3.45. The molecule has 2 saturated heterocycles. The van der Waals surface area contributed by atoms with Crippen molar-refractivity contribution in [3.05, 3.63) is 17.0 Å². The second-order valence-corrected chi connectivity index (χ2v) is 7.45. The number of amides is 2. The van der Waals surface area contributed by atoms with Gasteiger partial charge in [-0.05, 0) is 49.6 Å². The van der Waals surface area contributed by atoms with E-state index < -0.39 is 0 Å². The van der Waals surface area contributed by atoms with Gasteiger partial charge in [-0.2, -0.15) is 5.26 Å². The van der Waals surface area contributed by atoms with E-state index >= 15 is 0 Å². The summed E-state index contributed by atoms with van der Waals surface area (Å²) in [5.74, 6) is 0.283. The van der Waals surface area contributed by atoms with Gasteiger partial charge < -0.3 is 10.6 Å². The van der Waals surface area contributed by atoms with Gasteiger partial charge in [0.05, 0.1) is 11.6 Å². The first-order valence-corrected chi connectivity index (χ1v) is 9.29. The highest BCUT2D eigenvalue weighted by Gasteiger charge is 2.39. The van der Waals surface area contributed by atoms with Gasteiger partial charge in [0.2, 0.25) is 11.8 Å². The molecule has 2 atom stereocenters. The third-order valence-electron chi connectivity index (χ3n) is 4.98. The minimum Gasteiger partial charge on any atom is -0.370 e. The molecule has 0 aromatic carbocycles. The molecule has 2 N–H and O–H groups in total. The number of thiophene rings is 1. The first-order valence-electron chi connectivity index (χ1n) is 8.41. The van der Waals surface area contributed by atoms with Crippen molar-refractivity contribution in [3.8, 4) is 6.07 Å². The van der Waals surface area contributed by atoms with Crippen molar-refractivity contribution in [2.45, 2.75) is 38.1 Å². The van der Waals surface area contributed by atoms with Crippen LogP contribution in [0.1, 0.15) is 37.7 Å². The van der Waals surface area contributed by atoms with E-state index in [0.29, 0.717) is 24.4 Å². The molecule has 0 radical (unpaired) electrons. The first-order chi connectivity index (χ1) is 11.6. The van der Waals surface area contributed by atoms with Gasteiger partial charge in [-0.3, -0.25) is 14.5 Å². The van der Waals surface area contributed by atoms with Crippen molar-refractivity contribution in [2.24, 2.45) is 11.7 Å². The summed E-state index contributed by atoms with van der Waals surface area (Å²) in [6, 6.07) is 3.82. The number of carbonyl (C=O) groups is 2. The quantitative estimate of drug-likeness (QED) is 0.878. The summed E-state index contributed by atoms with van der Waals surface area (Å²) >= 11 is 1.45. The molecule has 0 unspecified atom stereocenters. The Balaban J connectivity index is 1.64. The van der Waals surface area contributed by atoms with Gasteiger partial charge in [0, 0.05) is 19.5 Å². The van der Waals surface area contributed by atoms with Crippen molar-refractivity contribution in [2.75, 3.05) is 24.5 Å². The predicted molar refractivity (Wildman–Crippen MR) is 92.5 cm³/mol. The number of nitrogens with two attached hydrogens (primary N) is 1. The van der Waals surface area contributed by atoms with Gasteiger partial charge >= 0.3 is 0 Å². The molecular formula is C17H22N4O2S. The molecule has 2 aliphatic rings. The third-order valence-corrected chi connectivity index (χ3v) is 5.91. The number of hydrogen-bond acceptors (Lipinski definition) is 5. The molecule has 3 rings (SSSR count). The van der Waals surface area contributed by atoms with Gasteiger partial charge in [0.25, 0.3) is 0 Å². The molecule has 0 spiro atoms. The predicted octanol–water partition coefficient (Wildman–Crippen LogP) is 1.70. The highest BCUT2D eigenvalue weighted by atomic mass is 32.1. The molecule has 2 amide bonds. The molecule has 2 fully saturated rings. The lowest BCUT2D eigenvalue weighted by Crippen LogP contribution is -2.47. The summed E-state index contributed by atoms with van der Waals surface area (Å²) in [7, 11) is 0. The Bertz CT molecular complexity index is 666. The summed E-state index contributed by atoms with van der Waals surface area (Å²) in [5, 5.41) is 11.8. The SMILES string of the molecule is N#Cc1ccsc1N1CC[C@@H](N2CCC[C@@H](CCC(N)=O)C2)C1=O. The lowest BCUT2D eigenvalue weighted by Gasteiger charge is -2.35. The topological polar surface area (TPSA) is 90.4 Å². The zero-order valence-electron chi connectivity index (χ0n) is 13.6. The zero-order chi connectivity index (χ0) is 17.1. The smallest absolute Gasteiger partial charge is 0.245 e. The summed E-state index contributed by atoms with van der Waals surface area (Å²) in [5.41, 5.74) is 5.83. The van der Waals surface area contributed by atoms with Crippen LogP contribution in [-0.2, 0) is 9.59 Å². The molecule has 0 aliphatic carbocycles. The van der Waals surface area contributed by atoms with Crippen LogP contribution in [0.3, 0.4) is 0 Å². The minimum atomic E-state index is -0.253. The zero-order valence-corrected chi connectivity index (χ0v) is 14.4. The maximum Gasteiger partial charge on any atom is 0.245 e. The van der Waals surface area contributed by atoms with E-state index in [9.17, 15) is 14.9 Å². The van der Waals surface area contributed by atoms with Crippen LogP contribution in [0.15, 0.2) is 11.4 Å². The van der Waals surface area contributed by atoms with Crippen molar-refractivity contribution >= 4 is 28.2 Å². The normalized spacial score (nSPS) is 25.0. The molecule has 0 bridgehead atoms. The largest absolute Gasteiger partial charge is 0.370 e. The molecule has 1 aromatic heterocycles. The van der Waals surface area contributed by atoms with Crippen molar-refractivity contribution < 1.29 is 9.59 Å². The molecule has 7 heteroatoms. The van der Waals surface area contributed by atoms with Crippen LogP contribution in [0, 0.1) is 17.2 Å². The van der Waals surface area contributed by atoms with E-state index in [1.165, 1.54) is 11.3 Å². The van der Waals surface area contributed by atoms with Gasteiger partial charge in [0.1, 0.15) is 11.1 Å². The van der Waals surface area contributed by atoms with E-state index in [0.717, 1.165) is 43.8 Å². The van der Waals surface area contributed by atoms with Gasteiger partial charge in [-0.15, -0.1) is 11.3 Å². The first kappa shape index (κ1) is 16.9. The van der Waals surface area contributed by atoms with Crippen LogP contribution in [0.2, 0.25) is 0 Å². The second kappa shape index (κ2) is 7.32. The maximum atomic E-state index is 12.9. The molecule has 0 saturated carbocycles. The van der Waals surface area contributed by atoms with Gasteiger partial charge in [0.15, 0.2) is 0 Å². The van der Waals surface area contributed by atoms with Crippen molar-refractivity contribution in [1.29, 1.82) is 5.26 Å². The number of nitrogens with zero attached hydrogens (tertiary/aromatic N) is 3. The number of hydrogen-bond donors (Lipinski definition) is 1. The summed E-state index contributed by atoms with van der Waals surface area (Å²) in [4.78, 5) is 27.9. The van der Waals surface area contributed by atoms with E-state index in [1.807, 2.05) is 5.38 Å². The van der Waals surface area contributed by atoms with Crippen LogP contribution in [0.5, 0.6) is 0 Å². The van der Waals surface area contributed by atoms with E-state index in [-0.39, 0.29) is 17.9 Å². The highest BCUT2D eigenvalue weighted by molar-refractivity contribution is 7.14. The Morgan fingerprint density at radius 3 is 3.00 bits per heavy atom. The Morgan fingerprint density at radius 2 is 2.25 bits per heavy atom. The molecule has 6 nitrogen and oxygen atoms in total. The Kier molecular flexibility index (Phi) is 5.17. The minimum absolute atomic E-state index is 0.101. The fourth-order valence-electron chi connectivity index (χ4n) is 3.76. The monoisotopic (exact) mass is 346 g/mol. The number of anilines is 1. The van der Waals surface area contributed by atoms with E-state index in [4.69, 9.17) is 5.73 Å². The fourth-order valence-corrected chi connectivity index (χ4v) is 4.65. The molecule has 128 valence electrons. The molecule has 24 heavy (non-hydrogen) atoms. The number of likely N-dealkylation sites (tertiary alicyclic amines) is 1. The molecule has 1 aromatic rings. The fraction of sp³-hybridized carbons (Fsp3) is 0.588. The van der Waals surface area contributed by atoms with Crippen LogP contribution < -0.4 is 10.6 Å². The number of piperidine rings is 1. The van der Waals surface area contributed by atoms with Crippen LogP contribution in [0.25, 0.3) is 0 Å². The van der Waals surface area contributed by atoms with E-state index in [2.05, 4.69) is 11.0 Å². The van der Waals surface area contributed by atoms with Crippen molar-refractivity contribution in [3.63, 3.8) is 0 Å². The second-order valence-electron chi connectivity index (χ2n) is 6.55. The number of carbonyl (C=O) groups excluding carboxylic acids is 2. The average molecular weight is 346 g/mol. The maximum absolute atomic E-state index is 12.9. The Labute approximate surface area is 145 Å².